The van der Waals surface area contributed by atoms with Crippen molar-refractivity contribution in [1.29, 1.82) is 0 Å². The lowest BCUT2D eigenvalue weighted by Gasteiger charge is -2.08. The second kappa shape index (κ2) is 7.23. The molecule has 1 N–H and O–H groups in total. The maximum atomic E-state index is 12.2. The normalized spacial score (nSPS) is 10.9. The van der Waals surface area contributed by atoms with Crippen LogP contribution in [0.15, 0.2) is 73.4 Å². The van der Waals surface area contributed by atoms with Crippen molar-refractivity contribution in [2.75, 3.05) is 5.32 Å². The van der Waals surface area contributed by atoms with Gasteiger partial charge in [0.25, 0.3) is 0 Å². The van der Waals surface area contributed by atoms with Crippen LogP contribution < -0.4 is 5.32 Å². The molecular formula is C20H19N5O. The Labute approximate surface area is 151 Å². The number of carbonyl (C=O) groups excluding carboxylic acids is 1. The molecule has 2 heterocycles. The zero-order chi connectivity index (χ0) is 17.8. The molecular weight excluding hydrogens is 326 g/mol. The van der Waals surface area contributed by atoms with Crippen molar-refractivity contribution in [1.82, 2.24) is 19.3 Å². The van der Waals surface area contributed by atoms with E-state index in [9.17, 15) is 4.79 Å². The van der Waals surface area contributed by atoms with Gasteiger partial charge in [-0.2, -0.15) is 5.10 Å². The number of rotatable bonds is 6. The van der Waals surface area contributed by atoms with E-state index in [1.54, 1.807) is 11.0 Å². The van der Waals surface area contributed by atoms with Crippen LogP contribution in [0.3, 0.4) is 0 Å². The Morgan fingerprint density at radius 3 is 2.69 bits per heavy atom. The maximum absolute atomic E-state index is 12.2. The summed E-state index contributed by atoms with van der Waals surface area (Å²) in [4.78, 5) is 16.2. The first-order chi connectivity index (χ1) is 12.8. The Kier molecular flexibility index (Phi) is 4.47. The van der Waals surface area contributed by atoms with Gasteiger partial charge in [-0.05, 0) is 35.2 Å². The smallest absolute Gasteiger partial charge is 0.226 e. The van der Waals surface area contributed by atoms with Crippen LogP contribution >= 0.6 is 0 Å². The summed E-state index contributed by atoms with van der Waals surface area (Å²) in [5.74, 6) is 0.00630. The van der Waals surface area contributed by atoms with Crippen LogP contribution in [0.5, 0.6) is 0 Å². The Morgan fingerprint density at radius 2 is 1.88 bits per heavy atom. The summed E-state index contributed by atoms with van der Waals surface area (Å²) in [5, 5.41) is 8.23. The van der Waals surface area contributed by atoms with E-state index in [-0.39, 0.29) is 5.91 Å². The highest BCUT2D eigenvalue weighted by molar-refractivity contribution is 5.90. The standard InChI is InChI=1S/C20H19N5O/c26-20(10-12-24-11-9-17-3-1-2-4-19(17)24)23-18-7-5-16(6-8-18)13-25-15-21-14-22-25/h1-9,11,14-15H,10,12-13H2,(H,23,26). The third-order valence-electron chi connectivity index (χ3n) is 4.31. The fraction of sp³-hybridized carbons (Fsp3) is 0.150. The van der Waals surface area contributed by atoms with Crippen LogP contribution in [-0.2, 0) is 17.9 Å². The largest absolute Gasteiger partial charge is 0.347 e. The molecule has 0 aliphatic carbocycles. The van der Waals surface area contributed by atoms with Gasteiger partial charge in [-0.3, -0.25) is 4.79 Å². The quantitative estimate of drug-likeness (QED) is 0.583. The molecule has 0 radical (unpaired) electrons. The molecule has 0 unspecified atom stereocenters. The molecule has 0 spiro atoms. The molecule has 6 nitrogen and oxygen atoms in total. The van der Waals surface area contributed by atoms with Crippen molar-refractivity contribution in [3.63, 3.8) is 0 Å². The number of benzene rings is 2. The van der Waals surface area contributed by atoms with E-state index in [0.717, 1.165) is 16.8 Å². The first-order valence-electron chi connectivity index (χ1n) is 8.53. The number of aryl methyl sites for hydroxylation is 1. The molecule has 0 saturated carbocycles. The summed E-state index contributed by atoms with van der Waals surface area (Å²) in [6, 6.07) is 18.0. The van der Waals surface area contributed by atoms with Crippen molar-refractivity contribution in [2.24, 2.45) is 0 Å². The highest BCUT2D eigenvalue weighted by Crippen LogP contribution is 2.16. The van der Waals surface area contributed by atoms with Crippen LogP contribution in [0.1, 0.15) is 12.0 Å². The van der Waals surface area contributed by atoms with E-state index < -0.39 is 0 Å². The molecule has 0 bridgehead atoms. The van der Waals surface area contributed by atoms with Crippen molar-refractivity contribution in [3.05, 3.63) is 79.0 Å². The highest BCUT2D eigenvalue weighted by atomic mass is 16.1. The van der Waals surface area contributed by atoms with Gasteiger partial charge in [0.1, 0.15) is 12.7 Å². The molecule has 26 heavy (non-hydrogen) atoms. The van der Waals surface area contributed by atoms with Gasteiger partial charge < -0.3 is 9.88 Å². The molecule has 0 aliphatic rings. The fourth-order valence-electron chi connectivity index (χ4n) is 2.98. The summed E-state index contributed by atoms with van der Waals surface area (Å²) < 4.78 is 3.87. The Bertz CT molecular complexity index is 1000. The maximum Gasteiger partial charge on any atom is 0.226 e. The number of amides is 1. The minimum absolute atomic E-state index is 0.00630. The SMILES string of the molecule is O=C(CCn1ccc2ccccc21)Nc1ccc(Cn2cncn2)cc1. The van der Waals surface area contributed by atoms with Gasteiger partial charge in [0.2, 0.25) is 5.91 Å². The van der Waals surface area contributed by atoms with E-state index in [4.69, 9.17) is 0 Å². The number of hydrogen-bond donors (Lipinski definition) is 1. The van der Waals surface area contributed by atoms with Gasteiger partial charge >= 0.3 is 0 Å². The number of anilines is 1. The fourth-order valence-corrected chi connectivity index (χ4v) is 2.98. The molecule has 4 aromatic rings. The predicted molar refractivity (Wildman–Crippen MR) is 101 cm³/mol. The third kappa shape index (κ3) is 3.64. The minimum Gasteiger partial charge on any atom is -0.347 e. The number of nitrogens with one attached hydrogen (secondary N) is 1. The van der Waals surface area contributed by atoms with Gasteiger partial charge in [0.15, 0.2) is 0 Å². The average Bonchev–Trinajstić information content (AvgIpc) is 3.31. The molecule has 6 heteroatoms. The molecule has 0 saturated heterocycles. The van der Waals surface area contributed by atoms with Gasteiger partial charge in [0, 0.05) is 30.4 Å². The summed E-state index contributed by atoms with van der Waals surface area (Å²) in [5.41, 5.74) is 3.06. The number of aromatic nitrogens is 4. The number of carbonyl (C=O) groups is 1. The van der Waals surface area contributed by atoms with E-state index in [1.807, 2.05) is 42.6 Å². The summed E-state index contributed by atoms with van der Waals surface area (Å²) in [6.45, 7) is 1.32. The molecule has 1 amide bonds. The molecule has 4 rings (SSSR count). The number of nitrogens with zero attached hydrogens (tertiary/aromatic N) is 4. The van der Waals surface area contributed by atoms with Crippen molar-refractivity contribution >= 4 is 22.5 Å². The van der Waals surface area contributed by atoms with Crippen LogP contribution in [0.2, 0.25) is 0 Å². The first kappa shape index (κ1) is 16.1. The molecule has 2 aromatic heterocycles. The number of fused-ring (bicyclic) bond motifs is 1. The minimum atomic E-state index is 0.00630. The van der Waals surface area contributed by atoms with E-state index in [1.165, 1.54) is 11.7 Å². The monoisotopic (exact) mass is 345 g/mol. The summed E-state index contributed by atoms with van der Waals surface area (Å²) in [6.07, 6.45) is 5.65. The lowest BCUT2D eigenvalue weighted by atomic mass is 10.2. The van der Waals surface area contributed by atoms with E-state index in [0.29, 0.717) is 19.5 Å². The molecule has 0 fully saturated rings. The second-order valence-electron chi connectivity index (χ2n) is 6.16. The van der Waals surface area contributed by atoms with Crippen molar-refractivity contribution in [2.45, 2.75) is 19.5 Å². The Balaban J connectivity index is 1.33. The zero-order valence-corrected chi connectivity index (χ0v) is 14.2. The van der Waals surface area contributed by atoms with Crippen LogP contribution in [0.4, 0.5) is 5.69 Å². The van der Waals surface area contributed by atoms with E-state index in [2.05, 4.69) is 38.2 Å². The highest BCUT2D eigenvalue weighted by Gasteiger charge is 2.05. The first-order valence-corrected chi connectivity index (χ1v) is 8.53. The Hall–Kier alpha value is -3.41. The topological polar surface area (TPSA) is 64.7 Å². The Morgan fingerprint density at radius 1 is 1.04 bits per heavy atom. The van der Waals surface area contributed by atoms with Crippen LogP contribution in [0, 0.1) is 0 Å². The lowest BCUT2D eigenvalue weighted by Crippen LogP contribution is -2.14. The zero-order valence-electron chi connectivity index (χ0n) is 14.2. The molecule has 2 aromatic carbocycles. The predicted octanol–water partition coefficient (Wildman–Crippen LogP) is 3.31. The van der Waals surface area contributed by atoms with E-state index >= 15 is 0 Å². The van der Waals surface area contributed by atoms with Gasteiger partial charge in [0.05, 0.1) is 6.54 Å². The van der Waals surface area contributed by atoms with Gasteiger partial charge in [-0.1, -0.05) is 30.3 Å². The number of para-hydroxylation sites is 1. The molecule has 0 atom stereocenters. The summed E-state index contributed by atoms with van der Waals surface area (Å²) >= 11 is 0. The average molecular weight is 345 g/mol. The molecule has 130 valence electrons. The summed E-state index contributed by atoms with van der Waals surface area (Å²) in [7, 11) is 0. The third-order valence-corrected chi connectivity index (χ3v) is 4.31. The van der Waals surface area contributed by atoms with Gasteiger partial charge in [-0.15, -0.1) is 0 Å². The van der Waals surface area contributed by atoms with Crippen molar-refractivity contribution < 1.29 is 4.79 Å². The molecule has 0 aliphatic heterocycles. The van der Waals surface area contributed by atoms with Crippen LogP contribution in [0.25, 0.3) is 10.9 Å². The number of hydrogen-bond acceptors (Lipinski definition) is 3. The van der Waals surface area contributed by atoms with Crippen LogP contribution in [-0.4, -0.2) is 25.2 Å². The van der Waals surface area contributed by atoms with Gasteiger partial charge in [-0.25, -0.2) is 9.67 Å². The lowest BCUT2D eigenvalue weighted by molar-refractivity contribution is -0.116. The second-order valence-corrected chi connectivity index (χ2v) is 6.16. The van der Waals surface area contributed by atoms with Crippen molar-refractivity contribution in [3.8, 4) is 0 Å².